The molecular weight excluding hydrogens is 396 g/mol. The number of nitrogens with zero attached hydrogens (tertiary/aromatic N) is 3. The van der Waals surface area contributed by atoms with E-state index in [4.69, 9.17) is 4.74 Å². The maximum atomic E-state index is 12.1. The summed E-state index contributed by atoms with van der Waals surface area (Å²) in [6.07, 6.45) is 1.69. The molecule has 1 fully saturated rings. The Morgan fingerprint density at radius 2 is 2.00 bits per heavy atom. The summed E-state index contributed by atoms with van der Waals surface area (Å²) in [6, 6.07) is 9.56. The zero-order valence-corrected chi connectivity index (χ0v) is 16.6. The van der Waals surface area contributed by atoms with Gasteiger partial charge in [0.25, 0.3) is 5.91 Å². The minimum absolute atomic E-state index is 0.0537. The Kier molecular flexibility index (Phi) is 6.11. The number of nitrogens with one attached hydrogen (secondary N) is 1. The van der Waals surface area contributed by atoms with E-state index in [1.165, 1.54) is 0 Å². The largest absolute Gasteiger partial charge is 0.483 e. The molecule has 0 saturated carbocycles. The number of hydrogen-bond acceptors (Lipinski definition) is 5. The lowest BCUT2D eigenvalue weighted by Crippen LogP contribution is -2.44. The van der Waals surface area contributed by atoms with Gasteiger partial charge in [-0.25, -0.2) is 4.98 Å². The maximum Gasteiger partial charge on any atom is 0.262 e. The number of carbonyl (C=O) groups is 1. The van der Waals surface area contributed by atoms with Crippen LogP contribution < -0.4 is 15.0 Å². The maximum absolute atomic E-state index is 12.1. The number of aryl methyl sites for hydroxylation is 1. The van der Waals surface area contributed by atoms with Crippen LogP contribution in [0.1, 0.15) is 5.56 Å². The average Bonchev–Trinajstić information content (AvgIpc) is 2.62. The average molecular weight is 419 g/mol. The van der Waals surface area contributed by atoms with Gasteiger partial charge in [-0.3, -0.25) is 4.79 Å². The second-order valence-electron chi connectivity index (χ2n) is 6.47. The molecular formula is C19H23BrN4O2. The minimum Gasteiger partial charge on any atom is -0.483 e. The number of hydrogen-bond donors (Lipinski definition) is 1. The molecule has 2 heterocycles. The Bertz CT molecular complexity index is 759. The van der Waals surface area contributed by atoms with E-state index in [1.807, 2.05) is 37.3 Å². The first-order valence-electron chi connectivity index (χ1n) is 8.59. The van der Waals surface area contributed by atoms with Crippen LogP contribution in [0.5, 0.6) is 5.75 Å². The minimum atomic E-state index is -0.216. The molecule has 0 spiro atoms. The molecule has 7 heteroatoms. The molecule has 1 saturated heterocycles. The SMILES string of the molecule is Cc1ccc(OCC(=O)Nc2ccc(N3CCN(C)CC3)nc2)c(Br)c1. The van der Waals surface area contributed by atoms with Gasteiger partial charge >= 0.3 is 0 Å². The van der Waals surface area contributed by atoms with Crippen LogP contribution in [0.25, 0.3) is 0 Å². The molecule has 0 aliphatic carbocycles. The van der Waals surface area contributed by atoms with Crippen molar-refractivity contribution in [1.82, 2.24) is 9.88 Å². The van der Waals surface area contributed by atoms with E-state index in [-0.39, 0.29) is 12.5 Å². The predicted molar refractivity (Wildman–Crippen MR) is 107 cm³/mol. The topological polar surface area (TPSA) is 57.7 Å². The molecule has 1 amide bonds. The molecule has 1 N–H and O–H groups in total. The first kappa shape index (κ1) is 18.7. The normalized spacial score (nSPS) is 15.0. The second kappa shape index (κ2) is 8.51. The van der Waals surface area contributed by atoms with Gasteiger partial charge in [0, 0.05) is 26.2 Å². The molecule has 2 aromatic rings. The number of anilines is 2. The van der Waals surface area contributed by atoms with Gasteiger partial charge in [-0.05, 0) is 59.7 Å². The Hall–Kier alpha value is -2.12. The zero-order chi connectivity index (χ0) is 18.5. The van der Waals surface area contributed by atoms with Gasteiger partial charge in [-0.2, -0.15) is 0 Å². The molecule has 0 bridgehead atoms. The number of amides is 1. The molecule has 0 radical (unpaired) electrons. The van der Waals surface area contributed by atoms with Gasteiger partial charge in [0.2, 0.25) is 0 Å². The second-order valence-corrected chi connectivity index (χ2v) is 7.32. The summed E-state index contributed by atoms with van der Waals surface area (Å²) in [6.45, 7) is 5.95. The van der Waals surface area contributed by atoms with E-state index < -0.39 is 0 Å². The van der Waals surface area contributed by atoms with Crippen LogP contribution in [-0.2, 0) is 4.79 Å². The van der Waals surface area contributed by atoms with Crippen molar-refractivity contribution in [1.29, 1.82) is 0 Å². The molecule has 1 aromatic heterocycles. The number of rotatable bonds is 5. The van der Waals surface area contributed by atoms with Crippen LogP contribution >= 0.6 is 15.9 Å². The molecule has 138 valence electrons. The smallest absolute Gasteiger partial charge is 0.262 e. The van der Waals surface area contributed by atoms with Crippen molar-refractivity contribution in [3.8, 4) is 5.75 Å². The number of pyridine rings is 1. The molecule has 1 aliphatic heterocycles. The van der Waals surface area contributed by atoms with Crippen LogP contribution in [0.4, 0.5) is 11.5 Å². The van der Waals surface area contributed by atoms with Crippen molar-refractivity contribution in [2.45, 2.75) is 6.92 Å². The first-order valence-corrected chi connectivity index (χ1v) is 9.39. The monoisotopic (exact) mass is 418 g/mol. The summed E-state index contributed by atoms with van der Waals surface area (Å²) >= 11 is 3.44. The lowest BCUT2D eigenvalue weighted by molar-refractivity contribution is -0.118. The third-order valence-electron chi connectivity index (χ3n) is 4.31. The first-order chi connectivity index (χ1) is 12.5. The number of piperazine rings is 1. The third-order valence-corrected chi connectivity index (χ3v) is 4.92. The van der Waals surface area contributed by atoms with Gasteiger partial charge in [-0.15, -0.1) is 0 Å². The molecule has 0 unspecified atom stereocenters. The fourth-order valence-corrected chi connectivity index (χ4v) is 3.35. The Morgan fingerprint density at radius 3 is 2.65 bits per heavy atom. The third kappa shape index (κ3) is 4.95. The molecule has 6 nitrogen and oxygen atoms in total. The summed E-state index contributed by atoms with van der Waals surface area (Å²) in [7, 11) is 2.13. The Labute approximate surface area is 162 Å². The molecule has 0 atom stereocenters. The van der Waals surface area contributed by atoms with E-state index >= 15 is 0 Å². The lowest BCUT2D eigenvalue weighted by atomic mass is 10.2. The summed E-state index contributed by atoms with van der Waals surface area (Å²) in [4.78, 5) is 21.1. The standard InChI is InChI=1S/C19H23BrN4O2/c1-14-3-5-17(16(20)11-14)26-13-19(25)22-15-4-6-18(21-12-15)24-9-7-23(2)8-10-24/h3-6,11-12H,7-10,13H2,1-2H3,(H,22,25). The molecule has 3 rings (SSSR count). The number of benzene rings is 1. The zero-order valence-electron chi connectivity index (χ0n) is 15.0. The van der Waals surface area contributed by atoms with Crippen molar-refractivity contribution >= 4 is 33.3 Å². The van der Waals surface area contributed by atoms with Crippen molar-refractivity contribution in [3.63, 3.8) is 0 Å². The van der Waals surface area contributed by atoms with E-state index in [0.717, 1.165) is 42.0 Å². The van der Waals surface area contributed by atoms with E-state index in [2.05, 4.69) is 43.1 Å². The Morgan fingerprint density at radius 1 is 1.23 bits per heavy atom. The summed E-state index contributed by atoms with van der Waals surface area (Å²) in [5, 5.41) is 2.81. The highest BCUT2D eigenvalue weighted by Gasteiger charge is 2.15. The summed E-state index contributed by atoms with van der Waals surface area (Å²) in [5.74, 6) is 1.37. The highest BCUT2D eigenvalue weighted by atomic mass is 79.9. The van der Waals surface area contributed by atoms with Gasteiger partial charge in [-0.1, -0.05) is 6.07 Å². The van der Waals surface area contributed by atoms with Crippen molar-refractivity contribution in [2.24, 2.45) is 0 Å². The molecule has 1 aliphatic rings. The number of carbonyl (C=O) groups excluding carboxylic acids is 1. The lowest BCUT2D eigenvalue weighted by Gasteiger charge is -2.33. The predicted octanol–water partition coefficient (Wildman–Crippen LogP) is 2.92. The van der Waals surface area contributed by atoms with Gasteiger partial charge in [0.15, 0.2) is 6.61 Å². The quantitative estimate of drug-likeness (QED) is 0.808. The molecule has 1 aromatic carbocycles. The fraction of sp³-hybridized carbons (Fsp3) is 0.368. The van der Waals surface area contributed by atoms with Crippen LogP contribution in [0.3, 0.4) is 0 Å². The van der Waals surface area contributed by atoms with Crippen LogP contribution in [-0.4, -0.2) is 55.6 Å². The van der Waals surface area contributed by atoms with Gasteiger partial charge < -0.3 is 19.9 Å². The van der Waals surface area contributed by atoms with Gasteiger partial charge in [0.1, 0.15) is 11.6 Å². The Balaban J connectivity index is 1.51. The number of likely N-dealkylation sites (N-methyl/N-ethyl adjacent to an activating group) is 1. The van der Waals surface area contributed by atoms with E-state index in [0.29, 0.717) is 11.4 Å². The fourth-order valence-electron chi connectivity index (χ4n) is 2.75. The van der Waals surface area contributed by atoms with E-state index in [1.54, 1.807) is 6.20 Å². The van der Waals surface area contributed by atoms with Gasteiger partial charge in [0.05, 0.1) is 16.4 Å². The highest BCUT2D eigenvalue weighted by molar-refractivity contribution is 9.10. The molecule has 26 heavy (non-hydrogen) atoms. The summed E-state index contributed by atoms with van der Waals surface area (Å²) < 4.78 is 6.40. The summed E-state index contributed by atoms with van der Waals surface area (Å²) in [5.41, 5.74) is 1.79. The number of halogens is 1. The van der Waals surface area contributed by atoms with Crippen LogP contribution in [0.2, 0.25) is 0 Å². The van der Waals surface area contributed by atoms with Crippen LogP contribution in [0.15, 0.2) is 41.0 Å². The highest BCUT2D eigenvalue weighted by Crippen LogP contribution is 2.25. The van der Waals surface area contributed by atoms with E-state index in [9.17, 15) is 4.79 Å². The van der Waals surface area contributed by atoms with Crippen molar-refractivity contribution in [2.75, 3.05) is 50.1 Å². The number of aromatic nitrogens is 1. The number of ether oxygens (including phenoxy) is 1. The van der Waals surface area contributed by atoms with Crippen molar-refractivity contribution < 1.29 is 9.53 Å². The van der Waals surface area contributed by atoms with Crippen molar-refractivity contribution in [3.05, 3.63) is 46.6 Å². The van der Waals surface area contributed by atoms with Crippen LogP contribution in [0, 0.1) is 6.92 Å².